The normalized spacial score (nSPS) is 11.7. The van der Waals surface area contributed by atoms with Crippen molar-refractivity contribution in [2.75, 3.05) is 0 Å². The molecule has 2 heteroatoms. The number of para-hydroxylation sites is 1. The lowest BCUT2D eigenvalue weighted by molar-refractivity contribution is 0.436. The zero-order valence-corrected chi connectivity index (χ0v) is 11.5. The molecule has 20 heavy (non-hydrogen) atoms. The van der Waals surface area contributed by atoms with Gasteiger partial charge in [-0.05, 0) is 36.8 Å². The number of rotatable bonds is 3. The van der Waals surface area contributed by atoms with Crippen molar-refractivity contribution in [2.45, 2.75) is 13.5 Å². The maximum absolute atomic E-state index is 9.16. The Bertz CT molecular complexity index is 824. The van der Waals surface area contributed by atoms with Crippen molar-refractivity contribution in [1.82, 2.24) is 4.57 Å². The first kappa shape index (κ1) is 12.5. The Kier molecular flexibility index (Phi) is 3.07. The Morgan fingerprint density at radius 2 is 1.90 bits per heavy atom. The summed E-state index contributed by atoms with van der Waals surface area (Å²) in [4.78, 5) is 0. The number of aliphatic hydroxyl groups excluding tert-OH is 1. The first-order valence-corrected chi connectivity index (χ1v) is 6.77. The van der Waals surface area contributed by atoms with Gasteiger partial charge >= 0.3 is 0 Å². The molecule has 0 spiro atoms. The molecule has 0 saturated carbocycles. The molecule has 0 amide bonds. The van der Waals surface area contributed by atoms with Gasteiger partial charge in [0.2, 0.25) is 0 Å². The van der Waals surface area contributed by atoms with E-state index in [9.17, 15) is 0 Å². The quantitative estimate of drug-likeness (QED) is 0.527. The highest BCUT2D eigenvalue weighted by molar-refractivity contribution is 6.08. The zero-order chi connectivity index (χ0) is 14.1. The third-order valence-corrected chi connectivity index (χ3v) is 3.58. The minimum atomic E-state index is 0.0704. The lowest BCUT2D eigenvalue weighted by atomic mass is 10.1. The Morgan fingerprint density at radius 1 is 1.15 bits per heavy atom. The topological polar surface area (TPSA) is 25.2 Å². The van der Waals surface area contributed by atoms with E-state index in [-0.39, 0.29) is 5.76 Å². The van der Waals surface area contributed by atoms with Gasteiger partial charge in [0.1, 0.15) is 5.76 Å². The highest BCUT2D eigenvalue weighted by Gasteiger charge is 2.08. The van der Waals surface area contributed by atoms with Crippen LogP contribution in [0.5, 0.6) is 0 Å². The molecule has 2 aromatic carbocycles. The summed E-state index contributed by atoms with van der Waals surface area (Å²) >= 11 is 0. The number of aliphatic hydroxyl groups is 1. The van der Waals surface area contributed by atoms with Crippen LogP contribution >= 0.6 is 0 Å². The van der Waals surface area contributed by atoms with Crippen molar-refractivity contribution >= 4 is 27.9 Å². The van der Waals surface area contributed by atoms with Crippen LogP contribution in [-0.4, -0.2) is 9.67 Å². The number of allylic oxidation sites excluding steroid dienone is 1. The van der Waals surface area contributed by atoms with Gasteiger partial charge in [0.25, 0.3) is 0 Å². The summed E-state index contributed by atoms with van der Waals surface area (Å²) in [5.41, 5.74) is 3.57. The molecule has 0 radical (unpaired) electrons. The van der Waals surface area contributed by atoms with Crippen LogP contribution < -0.4 is 0 Å². The van der Waals surface area contributed by atoms with Crippen LogP contribution in [0.15, 0.2) is 60.9 Å². The summed E-state index contributed by atoms with van der Waals surface area (Å²) in [5, 5.41) is 11.7. The van der Waals surface area contributed by atoms with Crippen molar-refractivity contribution < 1.29 is 5.11 Å². The number of benzene rings is 2. The Labute approximate surface area is 118 Å². The molecule has 1 N–H and O–H groups in total. The van der Waals surface area contributed by atoms with Gasteiger partial charge in [-0.15, -0.1) is 0 Å². The van der Waals surface area contributed by atoms with Crippen molar-refractivity contribution in [3.05, 3.63) is 66.4 Å². The summed E-state index contributed by atoms with van der Waals surface area (Å²) in [6.07, 6.45) is 3.49. The molecule has 0 fully saturated rings. The number of aromatic nitrogens is 1. The third-order valence-electron chi connectivity index (χ3n) is 3.58. The fraction of sp³-hybridized carbons (Fsp3) is 0.111. The third kappa shape index (κ3) is 1.99. The second kappa shape index (κ2) is 4.89. The monoisotopic (exact) mass is 263 g/mol. The van der Waals surface area contributed by atoms with E-state index in [2.05, 4.69) is 60.5 Å². The van der Waals surface area contributed by atoms with Gasteiger partial charge in [-0.25, -0.2) is 0 Å². The van der Waals surface area contributed by atoms with Crippen LogP contribution in [0.25, 0.3) is 27.9 Å². The highest BCUT2D eigenvalue weighted by atomic mass is 16.3. The van der Waals surface area contributed by atoms with Crippen LogP contribution in [0.2, 0.25) is 0 Å². The van der Waals surface area contributed by atoms with Gasteiger partial charge < -0.3 is 9.67 Å². The van der Waals surface area contributed by atoms with Crippen molar-refractivity contribution in [3.63, 3.8) is 0 Å². The summed E-state index contributed by atoms with van der Waals surface area (Å²) in [5.74, 6) is 0.0704. The highest BCUT2D eigenvalue weighted by Crippen LogP contribution is 2.29. The molecule has 0 aliphatic heterocycles. The molecule has 3 rings (SSSR count). The molecule has 0 bridgehead atoms. The molecule has 0 saturated heterocycles. The zero-order valence-electron chi connectivity index (χ0n) is 11.5. The number of fused-ring (bicyclic) bond motifs is 3. The standard InChI is InChI=1S/C18H17NO/c1-3-19-17-7-5-4-6-15(17)16-12-14(9-8-13(2)20)10-11-18(16)19/h4-12,20H,2-3H2,1H3/b9-8+. The summed E-state index contributed by atoms with van der Waals surface area (Å²) in [6.45, 7) is 6.58. The van der Waals surface area contributed by atoms with E-state index in [1.807, 2.05) is 6.08 Å². The molecule has 0 atom stereocenters. The van der Waals surface area contributed by atoms with Gasteiger partial charge in [-0.2, -0.15) is 0 Å². The van der Waals surface area contributed by atoms with Gasteiger partial charge in [0.15, 0.2) is 0 Å². The second-order valence-corrected chi connectivity index (χ2v) is 4.86. The first-order valence-electron chi connectivity index (χ1n) is 6.77. The van der Waals surface area contributed by atoms with Crippen molar-refractivity contribution in [1.29, 1.82) is 0 Å². The smallest absolute Gasteiger partial charge is 0.108 e. The van der Waals surface area contributed by atoms with Crippen LogP contribution in [0.4, 0.5) is 0 Å². The SMILES string of the molecule is C=C(O)/C=C/c1ccc2c(c1)c1ccccc1n2CC. The van der Waals surface area contributed by atoms with E-state index in [1.54, 1.807) is 6.08 Å². The lowest BCUT2D eigenvalue weighted by Crippen LogP contribution is -1.92. The maximum atomic E-state index is 9.16. The van der Waals surface area contributed by atoms with E-state index >= 15 is 0 Å². The summed E-state index contributed by atoms with van der Waals surface area (Å²) < 4.78 is 2.32. The average Bonchev–Trinajstić information content (AvgIpc) is 2.78. The molecule has 100 valence electrons. The van der Waals surface area contributed by atoms with Crippen LogP contribution in [0, 0.1) is 0 Å². The molecule has 1 heterocycles. The van der Waals surface area contributed by atoms with E-state index in [0.717, 1.165) is 12.1 Å². The predicted molar refractivity (Wildman–Crippen MR) is 85.9 cm³/mol. The summed E-state index contributed by atoms with van der Waals surface area (Å²) in [7, 11) is 0. The summed E-state index contributed by atoms with van der Waals surface area (Å²) in [6, 6.07) is 14.8. The van der Waals surface area contributed by atoms with Gasteiger partial charge in [-0.3, -0.25) is 0 Å². The lowest BCUT2D eigenvalue weighted by Gasteiger charge is -2.02. The Morgan fingerprint density at radius 3 is 2.65 bits per heavy atom. The predicted octanol–water partition coefficient (Wildman–Crippen LogP) is 4.90. The maximum Gasteiger partial charge on any atom is 0.108 e. The Hall–Kier alpha value is -2.48. The fourth-order valence-corrected chi connectivity index (χ4v) is 2.71. The first-order chi connectivity index (χ1) is 9.70. The molecular formula is C18H17NO. The molecular weight excluding hydrogens is 246 g/mol. The number of hydrogen-bond acceptors (Lipinski definition) is 1. The molecule has 0 aliphatic rings. The van der Waals surface area contributed by atoms with E-state index in [1.165, 1.54) is 21.8 Å². The number of hydrogen-bond donors (Lipinski definition) is 1. The van der Waals surface area contributed by atoms with Gasteiger partial charge in [-0.1, -0.05) is 36.9 Å². The van der Waals surface area contributed by atoms with Crippen LogP contribution in [0.3, 0.4) is 0 Å². The number of nitrogens with zero attached hydrogens (tertiary/aromatic N) is 1. The largest absolute Gasteiger partial charge is 0.509 e. The minimum absolute atomic E-state index is 0.0704. The second-order valence-electron chi connectivity index (χ2n) is 4.86. The fourth-order valence-electron chi connectivity index (χ4n) is 2.71. The molecule has 1 aromatic heterocycles. The van der Waals surface area contributed by atoms with Crippen molar-refractivity contribution in [2.24, 2.45) is 0 Å². The van der Waals surface area contributed by atoms with Gasteiger partial charge in [0.05, 0.1) is 0 Å². The minimum Gasteiger partial charge on any atom is -0.509 e. The molecule has 3 aromatic rings. The molecule has 0 aliphatic carbocycles. The van der Waals surface area contributed by atoms with Gasteiger partial charge in [0, 0.05) is 28.4 Å². The van der Waals surface area contributed by atoms with E-state index in [0.29, 0.717) is 0 Å². The Balaban J connectivity index is 2.28. The van der Waals surface area contributed by atoms with E-state index in [4.69, 9.17) is 5.11 Å². The van der Waals surface area contributed by atoms with Crippen LogP contribution in [0.1, 0.15) is 12.5 Å². The molecule has 0 unspecified atom stereocenters. The van der Waals surface area contributed by atoms with Crippen LogP contribution in [-0.2, 0) is 6.54 Å². The van der Waals surface area contributed by atoms with Crippen molar-refractivity contribution in [3.8, 4) is 0 Å². The number of aryl methyl sites for hydroxylation is 1. The molecule has 2 nitrogen and oxygen atoms in total. The average molecular weight is 263 g/mol. The van der Waals surface area contributed by atoms with E-state index < -0.39 is 0 Å².